The van der Waals surface area contributed by atoms with Crippen molar-refractivity contribution >= 4 is 11.9 Å². The van der Waals surface area contributed by atoms with Gasteiger partial charge in [-0.2, -0.15) is 0 Å². The van der Waals surface area contributed by atoms with E-state index in [2.05, 4.69) is 23.1 Å². The number of methoxy groups -OCH3 is 1. The van der Waals surface area contributed by atoms with Gasteiger partial charge in [-0.3, -0.25) is 14.5 Å². The van der Waals surface area contributed by atoms with E-state index in [0.29, 0.717) is 18.6 Å². The van der Waals surface area contributed by atoms with Crippen LogP contribution in [0, 0.1) is 5.92 Å². The first-order chi connectivity index (χ1) is 16.3. The number of benzene rings is 1. The molecule has 0 amide bonds. The van der Waals surface area contributed by atoms with Gasteiger partial charge in [-0.15, -0.1) is 0 Å². The van der Waals surface area contributed by atoms with Crippen molar-refractivity contribution in [3.8, 4) is 11.5 Å². The maximum atomic E-state index is 11.0. The van der Waals surface area contributed by atoms with Gasteiger partial charge >= 0.3 is 11.9 Å². The molecule has 1 aromatic rings. The summed E-state index contributed by atoms with van der Waals surface area (Å²) < 4.78 is 16.6. The van der Waals surface area contributed by atoms with Gasteiger partial charge in [-0.1, -0.05) is 6.92 Å². The predicted octanol–water partition coefficient (Wildman–Crippen LogP) is 2.76. The molecular formula is C25H33NO8. The molecular weight excluding hydrogens is 442 g/mol. The second-order valence-corrected chi connectivity index (χ2v) is 9.43. The Labute approximate surface area is 198 Å². The summed E-state index contributed by atoms with van der Waals surface area (Å²) in [7, 11) is 1.65. The molecule has 3 N–H and O–H groups in total. The van der Waals surface area contributed by atoms with E-state index in [1.54, 1.807) is 14.0 Å². The summed E-state index contributed by atoms with van der Waals surface area (Å²) in [6.07, 6.45) is 5.70. The van der Waals surface area contributed by atoms with Crippen LogP contribution in [0.2, 0.25) is 0 Å². The molecule has 0 bridgehead atoms. The van der Waals surface area contributed by atoms with Crippen LogP contribution in [0.3, 0.4) is 0 Å². The van der Waals surface area contributed by atoms with Crippen molar-refractivity contribution in [1.82, 2.24) is 4.90 Å². The largest absolute Gasteiger partial charge is 0.499 e. The maximum Gasteiger partial charge on any atom is 0.306 e. The Kier molecular flexibility index (Phi) is 7.04. The molecule has 4 atom stereocenters. The normalized spacial score (nSPS) is 27.3. The second-order valence-electron chi connectivity index (χ2n) is 9.43. The van der Waals surface area contributed by atoms with Gasteiger partial charge in [-0.25, -0.2) is 0 Å². The Balaban J connectivity index is 0.000000214. The van der Waals surface area contributed by atoms with E-state index in [4.69, 9.17) is 24.4 Å². The number of carbonyl (C=O) groups is 2. The van der Waals surface area contributed by atoms with Crippen molar-refractivity contribution < 1.29 is 39.1 Å². The Hall–Kier alpha value is -2.78. The summed E-state index contributed by atoms with van der Waals surface area (Å²) in [5.74, 6) is 0.155. The third kappa shape index (κ3) is 4.46. The summed E-state index contributed by atoms with van der Waals surface area (Å²) >= 11 is 0. The summed E-state index contributed by atoms with van der Waals surface area (Å²) in [5.41, 5.74) is 2.33. The number of ether oxygens (including phenoxy) is 3. The molecule has 9 nitrogen and oxygen atoms in total. The first-order valence-electron chi connectivity index (χ1n) is 11.8. The van der Waals surface area contributed by atoms with Crippen LogP contribution in [0.25, 0.3) is 0 Å². The topological polar surface area (TPSA) is 126 Å². The van der Waals surface area contributed by atoms with Crippen molar-refractivity contribution in [3.63, 3.8) is 0 Å². The molecule has 0 saturated carbocycles. The van der Waals surface area contributed by atoms with Gasteiger partial charge in [0.05, 0.1) is 18.6 Å². The fourth-order valence-corrected chi connectivity index (χ4v) is 5.68. The van der Waals surface area contributed by atoms with Crippen LogP contribution in [0.5, 0.6) is 11.5 Å². The van der Waals surface area contributed by atoms with Crippen molar-refractivity contribution in [2.24, 2.45) is 5.92 Å². The highest BCUT2D eigenvalue weighted by atomic mass is 16.7. The van der Waals surface area contributed by atoms with Crippen LogP contribution >= 0.6 is 0 Å². The van der Waals surface area contributed by atoms with Crippen LogP contribution in [-0.2, 0) is 20.7 Å². The molecule has 1 aromatic carbocycles. The van der Waals surface area contributed by atoms with Crippen LogP contribution in [0.15, 0.2) is 24.0 Å². The fraction of sp³-hybridized carbons (Fsp3) is 0.600. The van der Waals surface area contributed by atoms with E-state index in [-0.39, 0.29) is 24.7 Å². The molecule has 9 heteroatoms. The number of rotatable bonds is 6. The quantitative estimate of drug-likeness (QED) is 0.569. The lowest BCUT2D eigenvalue weighted by molar-refractivity contribution is -0.142. The van der Waals surface area contributed by atoms with Crippen molar-refractivity contribution in [2.75, 3.05) is 27.0 Å². The maximum absolute atomic E-state index is 11.0. The first kappa shape index (κ1) is 24.3. The molecule has 0 aromatic heterocycles. The Morgan fingerprint density at radius 3 is 2.65 bits per heavy atom. The van der Waals surface area contributed by atoms with Gasteiger partial charge in [0.1, 0.15) is 11.9 Å². The highest BCUT2D eigenvalue weighted by Crippen LogP contribution is 2.54. The second kappa shape index (κ2) is 9.84. The zero-order valence-electron chi connectivity index (χ0n) is 19.7. The molecule has 4 aliphatic rings. The predicted molar refractivity (Wildman–Crippen MR) is 122 cm³/mol. The number of aliphatic hydroxyl groups excluding tert-OH is 1. The molecule has 186 valence electrons. The number of nitrogens with zero attached hydrogens (tertiary/aromatic N) is 1. The summed E-state index contributed by atoms with van der Waals surface area (Å²) in [4.78, 5) is 22.8. The Morgan fingerprint density at radius 1 is 1.24 bits per heavy atom. The number of hydrogen-bond acceptors (Lipinski definition) is 7. The number of aliphatic hydroxyl groups is 1. The SMILES string of the molecule is CC(CCCC(=O)O)C(=O)O.COC1=C[C@]23CCCN2CCc2cc4c(cc2[C@@H]3[C@@H]1O)OCO4. The van der Waals surface area contributed by atoms with E-state index in [1.807, 2.05) is 0 Å². The molecule has 0 radical (unpaired) electrons. The van der Waals surface area contributed by atoms with Crippen LogP contribution < -0.4 is 9.47 Å². The minimum Gasteiger partial charge on any atom is -0.499 e. The number of hydrogen-bond donors (Lipinski definition) is 3. The molecule has 1 unspecified atom stereocenters. The molecule has 1 spiro atoms. The highest BCUT2D eigenvalue weighted by molar-refractivity contribution is 5.70. The van der Waals surface area contributed by atoms with Crippen LogP contribution in [0.4, 0.5) is 0 Å². The molecule has 5 rings (SSSR count). The molecule has 3 aliphatic heterocycles. The highest BCUT2D eigenvalue weighted by Gasteiger charge is 2.56. The number of carboxylic acids is 2. The number of fused-ring (bicyclic) bond motifs is 3. The van der Waals surface area contributed by atoms with Gasteiger partial charge in [0, 0.05) is 18.9 Å². The lowest BCUT2D eigenvalue weighted by Crippen LogP contribution is -2.46. The summed E-state index contributed by atoms with van der Waals surface area (Å²) in [5, 5.41) is 27.6. The molecule has 1 fully saturated rings. The summed E-state index contributed by atoms with van der Waals surface area (Å²) in [6.45, 7) is 3.94. The minimum absolute atomic E-state index is 0.00644. The van der Waals surface area contributed by atoms with Gasteiger partial charge < -0.3 is 29.5 Å². The number of carboxylic acid groups (broad SMARTS) is 2. The summed E-state index contributed by atoms with van der Waals surface area (Å²) in [6, 6.07) is 4.19. The zero-order valence-corrected chi connectivity index (χ0v) is 19.7. The van der Waals surface area contributed by atoms with Gasteiger partial charge in [-0.05, 0) is 68.0 Å². The third-order valence-corrected chi connectivity index (χ3v) is 7.44. The lowest BCUT2D eigenvalue weighted by atomic mass is 9.78. The van der Waals surface area contributed by atoms with Gasteiger partial charge in [0.15, 0.2) is 11.5 Å². The van der Waals surface area contributed by atoms with E-state index < -0.39 is 24.0 Å². The smallest absolute Gasteiger partial charge is 0.306 e. The Bertz CT molecular complexity index is 976. The Morgan fingerprint density at radius 2 is 1.97 bits per heavy atom. The monoisotopic (exact) mass is 475 g/mol. The van der Waals surface area contributed by atoms with E-state index >= 15 is 0 Å². The molecule has 34 heavy (non-hydrogen) atoms. The van der Waals surface area contributed by atoms with Gasteiger partial charge in [0.2, 0.25) is 6.79 Å². The van der Waals surface area contributed by atoms with Crippen LogP contribution in [-0.4, -0.2) is 70.8 Å². The van der Waals surface area contributed by atoms with E-state index in [0.717, 1.165) is 43.9 Å². The molecule has 1 aliphatic carbocycles. The number of aliphatic carboxylic acids is 2. The van der Waals surface area contributed by atoms with Crippen LogP contribution in [0.1, 0.15) is 56.1 Å². The van der Waals surface area contributed by atoms with E-state index in [1.165, 1.54) is 11.1 Å². The third-order valence-electron chi connectivity index (χ3n) is 7.44. The standard InChI is InChI=1S/C18H21NO4.C7H12O4/c1-21-15-9-18-4-2-5-19(18)6-3-11-7-13-14(23-10-22-13)8-12(11)16(18)17(15)20;1-5(7(10)11)3-2-4-6(8)9/h7-9,16-17,20H,2-6,10H2,1H3;5H,2-4H2,1H3,(H,8,9)(H,10,11)/t16-,17-,18+;/m1./s1. The first-order valence-corrected chi connectivity index (χ1v) is 11.8. The lowest BCUT2D eigenvalue weighted by Gasteiger charge is -2.38. The van der Waals surface area contributed by atoms with Crippen molar-refractivity contribution in [3.05, 3.63) is 35.1 Å². The average Bonchev–Trinajstić information content (AvgIpc) is 3.47. The fourth-order valence-electron chi connectivity index (χ4n) is 5.68. The van der Waals surface area contributed by atoms with E-state index in [9.17, 15) is 14.7 Å². The van der Waals surface area contributed by atoms with Crippen molar-refractivity contribution in [2.45, 2.75) is 63.0 Å². The zero-order chi connectivity index (χ0) is 24.5. The molecule has 1 saturated heterocycles. The van der Waals surface area contributed by atoms with Gasteiger partial charge in [0.25, 0.3) is 0 Å². The minimum atomic E-state index is -0.873. The average molecular weight is 476 g/mol. The van der Waals surface area contributed by atoms with Crippen molar-refractivity contribution in [1.29, 1.82) is 0 Å². The molecule has 3 heterocycles.